The van der Waals surface area contributed by atoms with E-state index in [1.807, 2.05) is 36.6 Å². The molecule has 0 radical (unpaired) electrons. The quantitative estimate of drug-likeness (QED) is 0.717. The zero-order chi connectivity index (χ0) is 17.1. The minimum Gasteiger partial charge on any atom is -0.360 e. The second-order valence-corrected chi connectivity index (χ2v) is 6.31. The van der Waals surface area contributed by atoms with E-state index in [1.165, 1.54) is 11.8 Å². The molecule has 3 aromatic rings. The van der Waals surface area contributed by atoms with E-state index in [2.05, 4.69) is 26.7 Å². The summed E-state index contributed by atoms with van der Waals surface area (Å²) in [4.78, 5) is 12.0. The van der Waals surface area contributed by atoms with Crippen molar-refractivity contribution in [3.8, 4) is 5.69 Å². The molecule has 124 valence electrons. The molecule has 1 amide bonds. The molecule has 0 bridgehead atoms. The lowest BCUT2D eigenvalue weighted by Gasteiger charge is -2.09. The van der Waals surface area contributed by atoms with Crippen LogP contribution in [0.3, 0.4) is 0 Å². The van der Waals surface area contributed by atoms with Crippen LogP contribution in [0.1, 0.15) is 17.1 Å². The summed E-state index contributed by atoms with van der Waals surface area (Å²) < 4.78 is 6.86. The number of carbonyl (C=O) groups is 1. The molecule has 2 heterocycles. The van der Waals surface area contributed by atoms with Gasteiger partial charge in [-0.3, -0.25) is 9.36 Å². The maximum atomic E-state index is 12.0. The highest BCUT2D eigenvalue weighted by Gasteiger charge is 2.14. The number of anilines is 1. The molecule has 24 heavy (non-hydrogen) atoms. The zero-order valence-electron chi connectivity index (χ0n) is 13.6. The number of carbonyl (C=O) groups excluding carboxylic acids is 1. The highest BCUT2D eigenvalue weighted by Crippen LogP contribution is 2.22. The van der Waals surface area contributed by atoms with E-state index in [-0.39, 0.29) is 11.7 Å². The summed E-state index contributed by atoms with van der Waals surface area (Å²) in [5, 5.41) is 15.4. The Kier molecular flexibility index (Phi) is 4.66. The number of rotatable bonds is 5. The first kappa shape index (κ1) is 16.3. The second kappa shape index (κ2) is 6.88. The summed E-state index contributed by atoms with van der Waals surface area (Å²) >= 11 is 1.32. The molecule has 0 aliphatic rings. The van der Waals surface area contributed by atoms with Gasteiger partial charge in [0.15, 0.2) is 11.0 Å². The van der Waals surface area contributed by atoms with Crippen molar-refractivity contribution in [1.82, 2.24) is 19.9 Å². The van der Waals surface area contributed by atoms with Gasteiger partial charge in [-0.15, -0.1) is 10.2 Å². The number of aryl methyl sites for hydroxylation is 3. The van der Waals surface area contributed by atoms with Crippen LogP contribution in [-0.4, -0.2) is 31.6 Å². The van der Waals surface area contributed by atoms with Crippen LogP contribution in [-0.2, 0) is 4.79 Å². The Balaban J connectivity index is 1.71. The van der Waals surface area contributed by atoms with Gasteiger partial charge in [0, 0.05) is 11.8 Å². The van der Waals surface area contributed by atoms with Crippen molar-refractivity contribution in [2.45, 2.75) is 25.9 Å². The molecular weight excluding hydrogens is 326 g/mol. The summed E-state index contributed by atoms with van der Waals surface area (Å²) in [5.74, 6) is 1.86. The van der Waals surface area contributed by atoms with Gasteiger partial charge in [-0.25, -0.2) is 0 Å². The Morgan fingerprint density at radius 2 is 2.08 bits per heavy atom. The van der Waals surface area contributed by atoms with Crippen LogP contribution in [0, 0.1) is 20.8 Å². The van der Waals surface area contributed by atoms with Gasteiger partial charge in [0.2, 0.25) is 5.91 Å². The van der Waals surface area contributed by atoms with Crippen molar-refractivity contribution < 1.29 is 9.32 Å². The molecule has 2 aromatic heterocycles. The number of benzene rings is 1. The molecular formula is C16H17N5O2S. The van der Waals surface area contributed by atoms with Gasteiger partial charge in [0.25, 0.3) is 0 Å². The number of amides is 1. The fourth-order valence-corrected chi connectivity index (χ4v) is 3.03. The highest BCUT2D eigenvalue weighted by atomic mass is 32.2. The third kappa shape index (κ3) is 3.65. The monoisotopic (exact) mass is 343 g/mol. The molecule has 1 N–H and O–H groups in total. The van der Waals surface area contributed by atoms with Crippen molar-refractivity contribution in [2.75, 3.05) is 11.1 Å². The Labute approximate surface area is 143 Å². The van der Waals surface area contributed by atoms with Crippen LogP contribution in [0.2, 0.25) is 0 Å². The van der Waals surface area contributed by atoms with Gasteiger partial charge >= 0.3 is 0 Å². The summed E-state index contributed by atoms with van der Waals surface area (Å²) in [6.45, 7) is 5.69. The maximum Gasteiger partial charge on any atom is 0.236 e. The molecule has 0 fully saturated rings. The van der Waals surface area contributed by atoms with Gasteiger partial charge in [0.05, 0.1) is 5.75 Å². The zero-order valence-corrected chi connectivity index (χ0v) is 14.4. The van der Waals surface area contributed by atoms with Crippen LogP contribution in [0.5, 0.6) is 0 Å². The molecule has 8 heteroatoms. The molecule has 3 rings (SSSR count). The number of hydrogen-bond acceptors (Lipinski definition) is 6. The third-order valence-electron chi connectivity index (χ3n) is 3.28. The third-order valence-corrected chi connectivity index (χ3v) is 4.21. The first-order chi connectivity index (χ1) is 11.5. The first-order valence-electron chi connectivity index (χ1n) is 7.38. The number of aromatic nitrogens is 4. The van der Waals surface area contributed by atoms with Gasteiger partial charge in [-0.2, -0.15) is 0 Å². The van der Waals surface area contributed by atoms with Crippen molar-refractivity contribution in [1.29, 1.82) is 0 Å². The maximum absolute atomic E-state index is 12.0. The number of thioether (sulfide) groups is 1. The molecule has 0 aliphatic heterocycles. The predicted molar refractivity (Wildman–Crippen MR) is 91.4 cm³/mol. The number of nitrogens with zero attached hydrogens (tertiary/aromatic N) is 4. The lowest BCUT2D eigenvalue weighted by Crippen LogP contribution is -2.14. The average Bonchev–Trinajstić information content (AvgIpc) is 3.11. The van der Waals surface area contributed by atoms with Crippen molar-refractivity contribution in [3.63, 3.8) is 0 Å². The second-order valence-electron chi connectivity index (χ2n) is 5.36. The Bertz CT molecular complexity index is 871. The van der Waals surface area contributed by atoms with Crippen LogP contribution in [0.25, 0.3) is 5.69 Å². The fourth-order valence-electron chi connectivity index (χ4n) is 2.24. The molecule has 0 saturated carbocycles. The summed E-state index contributed by atoms with van der Waals surface area (Å²) in [5.41, 5.74) is 2.13. The van der Waals surface area contributed by atoms with Crippen LogP contribution < -0.4 is 5.32 Å². The lowest BCUT2D eigenvalue weighted by molar-refractivity contribution is -0.113. The van der Waals surface area contributed by atoms with Crippen molar-refractivity contribution in [3.05, 3.63) is 47.5 Å². The number of nitrogens with one attached hydrogen (secondary N) is 1. The van der Waals surface area contributed by atoms with E-state index in [0.717, 1.165) is 17.1 Å². The van der Waals surface area contributed by atoms with E-state index < -0.39 is 0 Å². The van der Waals surface area contributed by atoms with E-state index in [9.17, 15) is 4.79 Å². The van der Waals surface area contributed by atoms with Gasteiger partial charge < -0.3 is 9.84 Å². The van der Waals surface area contributed by atoms with Crippen molar-refractivity contribution >= 4 is 23.5 Å². The standard InChI is InChI=1S/C16H17N5O2S/c1-10-5-4-6-13(7-10)21-12(3)18-19-16(21)24-9-15(22)17-14-8-11(2)23-20-14/h4-8H,9H2,1-3H3,(H,17,20,22). The SMILES string of the molecule is Cc1cccc(-n2c(C)nnc2SCC(=O)Nc2cc(C)on2)c1. The van der Waals surface area contributed by atoms with E-state index in [0.29, 0.717) is 16.7 Å². The summed E-state index contributed by atoms with van der Waals surface area (Å²) in [6, 6.07) is 9.73. The first-order valence-corrected chi connectivity index (χ1v) is 8.36. The molecule has 0 saturated heterocycles. The Hall–Kier alpha value is -2.61. The van der Waals surface area contributed by atoms with Crippen LogP contribution in [0.15, 0.2) is 40.0 Å². The van der Waals surface area contributed by atoms with Gasteiger partial charge in [-0.1, -0.05) is 29.1 Å². The average molecular weight is 343 g/mol. The molecule has 0 atom stereocenters. The van der Waals surface area contributed by atoms with E-state index in [4.69, 9.17) is 4.52 Å². The Morgan fingerprint density at radius 1 is 1.25 bits per heavy atom. The largest absolute Gasteiger partial charge is 0.360 e. The summed E-state index contributed by atoms with van der Waals surface area (Å²) in [6.07, 6.45) is 0. The minimum absolute atomic E-state index is 0.176. The van der Waals surface area contributed by atoms with E-state index >= 15 is 0 Å². The Morgan fingerprint density at radius 3 is 2.79 bits per heavy atom. The molecule has 0 spiro atoms. The molecule has 0 aliphatic carbocycles. The fraction of sp³-hybridized carbons (Fsp3) is 0.250. The normalized spacial score (nSPS) is 10.8. The minimum atomic E-state index is -0.176. The predicted octanol–water partition coefficient (Wildman–Crippen LogP) is 2.91. The van der Waals surface area contributed by atoms with Gasteiger partial charge in [-0.05, 0) is 38.5 Å². The number of hydrogen-bond donors (Lipinski definition) is 1. The highest BCUT2D eigenvalue weighted by molar-refractivity contribution is 7.99. The van der Waals surface area contributed by atoms with Crippen LogP contribution >= 0.6 is 11.8 Å². The molecule has 1 aromatic carbocycles. The van der Waals surface area contributed by atoms with Crippen LogP contribution in [0.4, 0.5) is 5.82 Å². The summed E-state index contributed by atoms with van der Waals surface area (Å²) in [7, 11) is 0. The topological polar surface area (TPSA) is 85.8 Å². The van der Waals surface area contributed by atoms with Gasteiger partial charge in [0.1, 0.15) is 11.6 Å². The molecule has 7 nitrogen and oxygen atoms in total. The smallest absolute Gasteiger partial charge is 0.236 e. The lowest BCUT2D eigenvalue weighted by atomic mass is 10.2. The van der Waals surface area contributed by atoms with E-state index in [1.54, 1.807) is 13.0 Å². The van der Waals surface area contributed by atoms with Crippen molar-refractivity contribution in [2.24, 2.45) is 0 Å². The molecule has 0 unspecified atom stereocenters.